The van der Waals surface area contributed by atoms with E-state index in [0.29, 0.717) is 5.82 Å². The summed E-state index contributed by atoms with van der Waals surface area (Å²) in [5, 5.41) is 26.5. The maximum atomic E-state index is 10.7. The van der Waals surface area contributed by atoms with Gasteiger partial charge in [0.1, 0.15) is 22.7 Å². The number of aromatic nitrogens is 2. The minimum Gasteiger partial charge on any atom is -0.508 e. The zero-order valence-corrected chi connectivity index (χ0v) is 16.4. The Morgan fingerprint density at radius 3 is 2.43 bits per heavy atom. The Bertz CT molecular complexity index is 1090. The van der Waals surface area contributed by atoms with E-state index in [9.17, 15) is 10.2 Å². The smallest absolute Gasteiger partial charge is 0.139 e. The van der Waals surface area contributed by atoms with Gasteiger partial charge >= 0.3 is 0 Å². The van der Waals surface area contributed by atoms with Crippen LogP contribution in [0.5, 0.6) is 5.75 Å². The summed E-state index contributed by atoms with van der Waals surface area (Å²) in [6.45, 7) is 3.97. The maximum Gasteiger partial charge on any atom is 0.139 e. The highest BCUT2D eigenvalue weighted by Crippen LogP contribution is 2.37. The van der Waals surface area contributed by atoms with E-state index in [4.69, 9.17) is 0 Å². The van der Waals surface area contributed by atoms with Crippen molar-refractivity contribution >= 4 is 27.4 Å². The number of aryl methyl sites for hydroxylation is 1. The van der Waals surface area contributed by atoms with E-state index in [0.717, 1.165) is 26.9 Å². The summed E-state index contributed by atoms with van der Waals surface area (Å²) < 4.78 is 0. The molecule has 0 saturated carbocycles. The standard InChI is InChI=1S/C22H21N3O2S/c1-13-3-5-15(6-4-13)18-11-28-22-19(18)21(23-12-24-22)25-14(2)20(27)16-7-9-17(26)10-8-16/h3-12,14,20,26-27H,1-2H3,(H,23,24,25)/t14-,20-/m0/s1. The number of hydrogen-bond acceptors (Lipinski definition) is 6. The van der Waals surface area contributed by atoms with Crippen LogP contribution in [0.4, 0.5) is 5.82 Å². The normalized spacial score (nSPS) is 13.4. The molecule has 142 valence electrons. The fraction of sp³-hybridized carbons (Fsp3) is 0.182. The maximum absolute atomic E-state index is 10.7. The van der Waals surface area contributed by atoms with E-state index >= 15 is 0 Å². The molecule has 4 rings (SSSR count). The number of phenolic OH excluding ortho intramolecular Hbond substituents is 1. The molecule has 3 N–H and O–H groups in total. The molecule has 6 heteroatoms. The number of benzene rings is 2. The Kier molecular flexibility index (Phi) is 4.98. The third-order valence-corrected chi connectivity index (χ3v) is 5.69. The van der Waals surface area contributed by atoms with Crippen molar-refractivity contribution in [1.29, 1.82) is 0 Å². The van der Waals surface area contributed by atoms with Crippen molar-refractivity contribution in [2.45, 2.75) is 26.0 Å². The average molecular weight is 391 g/mol. The summed E-state index contributed by atoms with van der Waals surface area (Å²) in [5.41, 5.74) is 4.13. The molecule has 0 amide bonds. The molecule has 2 aromatic heterocycles. The first-order chi connectivity index (χ1) is 13.5. The molecule has 0 aliphatic heterocycles. The summed E-state index contributed by atoms with van der Waals surface area (Å²) >= 11 is 1.58. The van der Waals surface area contributed by atoms with Gasteiger partial charge in [0, 0.05) is 10.9 Å². The second-order valence-electron chi connectivity index (χ2n) is 6.89. The Balaban J connectivity index is 1.67. The van der Waals surface area contributed by atoms with Gasteiger partial charge in [0.05, 0.1) is 17.5 Å². The molecule has 0 spiro atoms. The number of aliphatic hydroxyl groups is 1. The minimum absolute atomic E-state index is 0.176. The first-order valence-corrected chi connectivity index (χ1v) is 9.93. The molecule has 5 nitrogen and oxygen atoms in total. The SMILES string of the molecule is Cc1ccc(-c2csc3ncnc(N[C@@H](C)[C@H](O)c4ccc(O)cc4)c23)cc1. The van der Waals surface area contributed by atoms with E-state index in [1.54, 1.807) is 41.9 Å². The van der Waals surface area contributed by atoms with Gasteiger partial charge in [-0.2, -0.15) is 0 Å². The van der Waals surface area contributed by atoms with Crippen LogP contribution in [-0.2, 0) is 0 Å². The number of aromatic hydroxyl groups is 1. The largest absolute Gasteiger partial charge is 0.508 e. The number of nitrogens with zero attached hydrogens (tertiary/aromatic N) is 2. The number of aliphatic hydroxyl groups excluding tert-OH is 1. The van der Waals surface area contributed by atoms with Gasteiger partial charge in [-0.05, 0) is 37.1 Å². The summed E-state index contributed by atoms with van der Waals surface area (Å²) in [7, 11) is 0. The summed E-state index contributed by atoms with van der Waals surface area (Å²) in [6, 6.07) is 14.7. The summed E-state index contributed by atoms with van der Waals surface area (Å²) in [6.07, 6.45) is 0.798. The Morgan fingerprint density at radius 2 is 1.71 bits per heavy atom. The molecule has 0 aliphatic carbocycles. The van der Waals surface area contributed by atoms with E-state index in [-0.39, 0.29) is 11.8 Å². The number of hydrogen-bond donors (Lipinski definition) is 3. The molecule has 0 fully saturated rings. The lowest BCUT2D eigenvalue weighted by atomic mass is 10.0. The van der Waals surface area contributed by atoms with Crippen LogP contribution < -0.4 is 5.32 Å². The number of anilines is 1. The van der Waals surface area contributed by atoms with Crippen LogP contribution in [0.1, 0.15) is 24.2 Å². The monoisotopic (exact) mass is 391 g/mol. The van der Waals surface area contributed by atoms with Crippen LogP contribution >= 0.6 is 11.3 Å². The van der Waals surface area contributed by atoms with E-state index in [1.165, 1.54) is 5.56 Å². The number of nitrogens with one attached hydrogen (secondary N) is 1. The lowest BCUT2D eigenvalue weighted by Gasteiger charge is -2.21. The van der Waals surface area contributed by atoms with Crippen LogP contribution in [-0.4, -0.2) is 26.2 Å². The van der Waals surface area contributed by atoms with Crippen molar-refractivity contribution in [1.82, 2.24) is 9.97 Å². The Labute approximate surface area is 167 Å². The Hall–Kier alpha value is -2.96. The van der Waals surface area contributed by atoms with Gasteiger partial charge < -0.3 is 15.5 Å². The number of thiophene rings is 1. The molecule has 28 heavy (non-hydrogen) atoms. The molecule has 0 radical (unpaired) electrons. The molecule has 0 bridgehead atoms. The number of rotatable bonds is 5. The summed E-state index contributed by atoms with van der Waals surface area (Å²) in [4.78, 5) is 9.75. The summed E-state index contributed by atoms with van der Waals surface area (Å²) in [5.74, 6) is 0.877. The van der Waals surface area contributed by atoms with E-state index in [1.807, 2.05) is 6.92 Å². The van der Waals surface area contributed by atoms with Crippen LogP contribution in [0, 0.1) is 6.92 Å². The highest BCUT2D eigenvalue weighted by Gasteiger charge is 2.20. The predicted molar refractivity (Wildman–Crippen MR) is 114 cm³/mol. The second kappa shape index (κ2) is 7.58. The van der Waals surface area contributed by atoms with E-state index < -0.39 is 6.10 Å². The van der Waals surface area contributed by atoms with Crippen LogP contribution in [0.2, 0.25) is 0 Å². The van der Waals surface area contributed by atoms with Gasteiger partial charge in [-0.1, -0.05) is 42.0 Å². The minimum atomic E-state index is -0.743. The molecular weight excluding hydrogens is 370 g/mol. The fourth-order valence-corrected chi connectivity index (χ4v) is 4.10. The molecule has 2 heterocycles. The lowest BCUT2D eigenvalue weighted by molar-refractivity contribution is 0.160. The van der Waals surface area contributed by atoms with Crippen LogP contribution in [0.15, 0.2) is 60.2 Å². The molecule has 2 atom stereocenters. The first kappa shape index (κ1) is 18.4. The van der Waals surface area contributed by atoms with Gasteiger partial charge in [0.2, 0.25) is 0 Å². The lowest BCUT2D eigenvalue weighted by Crippen LogP contribution is -2.24. The van der Waals surface area contributed by atoms with Crippen molar-refractivity contribution < 1.29 is 10.2 Å². The first-order valence-electron chi connectivity index (χ1n) is 9.05. The van der Waals surface area contributed by atoms with Gasteiger partial charge in [0.25, 0.3) is 0 Å². The molecule has 0 aliphatic rings. The zero-order valence-electron chi connectivity index (χ0n) is 15.6. The molecule has 0 saturated heterocycles. The highest BCUT2D eigenvalue weighted by molar-refractivity contribution is 7.17. The van der Waals surface area contributed by atoms with Crippen LogP contribution in [0.25, 0.3) is 21.3 Å². The fourth-order valence-electron chi connectivity index (χ4n) is 3.18. The number of fused-ring (bicyclic) bond motifs is 1. The molecular formula is C22H21N3O2S. The zero-order chi connectivity index (χ0) is 19.7. The third kappa shape index (κ3) is 3.56. The van der Waals surface area contributed by atoms with Crippen molar-refractivity contribution in [3.8, 4) is 16.9 Å². The number of phenols is 1. The van der Waals surface area contributed by atoms with Gasteiger partial charge in [0.15, 0.2) is 0 Å². The quantitative estimate of drug-likeness (QED) is 0.451. The predicted octanol–water partition coefficient (Wildman–Crippen LogP) is 4.91. The van der Waals surface area contributed by atoms with Crippen molar-refractivity contribution in [3.63, 3.8) is 0 Å². The molecule has 2 aromatic carbocycles. The van der Waals surface area contributed by atoms with Crippen molar-refractivity contribution in [3.05, 3.63) is 71.4 Å². The van der Waals surface area contributed by atoms with Gasteiger partial charge in [-0.25, -0.2) is 9.97 Å². The van der Waals surface area contributed by atoms with E-state index in [2.05, 4.69) is 51.9 Å². The average Bonchev–Trinajstić information content (AvgIpc) is 3.14. The molecule has 4 aromatic rings. The third-order valence-electron chi connectivity index (χ3n) is 4.81. The Morgan fingerprint density at radius 1 is 1.00 bits per heavy atom. The topological polar surface area (TPSA) is 78.3 Å². The van der Waals surface area contributed by atoms with Crippen molar-refractivity contribution in [2.75, 3.05) is 5.32 Å². The van der Waals surface area contributed by atoms with Crippen molar-refractivity contribution in [2.24, 2.45) is 0 Å². The highest BCUT2D eigenvalue weighted by atomic mass is 32.1. The van der Waals surface area contributed by atoms with Crippen LogP contribution in [0.3, 0.4) is 0 Å². The second-order valence-corrected chi connectivity index (χ2v) is 7.75. The van der Waals surface area contributed by atoms with Gasteiger partial charge in [-0.3, -0.25) is 0 Å². The molecule has 0 unspecified atom stereocenters. The van der Waals surface area contributed by atoms with Gasteiger partial charge in [-0.15, -0.1) is 11.3 Å².